The summed E-state index contributed by atoms with van der Waals surface area (Å²) >= 11 is 0. The van der Waals surface area contributed by atoms with Gasteiger partial charge in [-0.15, -0.1) is 0 Å². The number of rotatable bonds is 4. The quantitative estimate of drug-likeness (QED) is 0.537. The third-order valence-electron chi connectivity index (χ3n) is 4.94. The summed E-state index contributed by atoms with van der Waals surface area (Å²) in [6.07, 6.45) is 5.66. The van der Waals surface area contributed by atoms with Gasteiger partial charge in [0.1, 0.15) is 17.4 Å². The lowest BCUT2D eigenvalue weighted by molar-refractivity contribution is 0.0729. The Labute approximate surface area is 146 Å². The molecule has 3 rings (SSSR count). The van der Waals surface area contributed by atoms with Gasteiger partial charge in [0.25, 0.3) is 0 Å². The van der Waals surface area contributed by atoms with Gasteiger partial charge >= 0.3 is 5.97 Å². The summed E-state index contributed by atoms with van der Waals surface area (Å²) in [6, 6.07) is 9.75. The van der Waals surface area contributed by atoms with Gasteiger partial charge in [-0.2, -0.15) is 0 Å². The van der Waals surface area contributed by atoms with Gasteiger partial charge in [-0.1, -0.05) is 25.8 Å². The van der Waals surface area contributed by atoms with Crippen molar-refractivity contribution in [2.45, 2.75) is 39.0 Å². The SMILES string of the molecule is CC1CCC(Cc2ccc(C(=O)Oc3ccc(F)cc3)c(F)c2)CC1. The highest BCUT2D eigenvalue weighted by Gasteiger charge is 2.20. The summed E-state index contributed by atoms with van der Waals surface area (Å²) < 4.78 is 32.3. The van der Waals surface area contributed by atoms with E-state index < -0.39 is 17.6 Å². The number of carbonyl (C=O) groups excluding carboxylic acids is 1. The van der Waals surface area contributed by atoms with Crippen LogP contribution in [-0.4, -0.2) is 5.97 Å². The highest BCUT2D eigenvalue weighted by molar-refractivity contribution is 5.91. The van der Waals surface area contributed by atoms with Crippen LogP contribution in [0.2, 0.25) is 0 Å². The lowest BCUT2D eigenvalue weighted by atomic mass is 9.80. The van der Waals surface area contributed by atoms with Crippen LogP contribution in [0.15, 0.2) is 42.5 Å². The van der Waals surface area contributed by atoms with Crippen LogP contribution < -0.4 is 4.74 Å². The number of carbonyl (C=O) groups is 1. The molecule has 1 aliphatic rings. The second-order valence-electron chi connectivity index (χ2n) is 6.99. The van der Waals surface area contributed by atoms with E-state index in [1.54, 1.807) is 6.07 Å². The van der Waals surface area contributed by atoms with Crippen LogP contribution in [0.1, 0.15) is 48.5 Å². The Morgan fingerprint density at radius 1 is 1.04 bits per heavy atom. The molecule has 0 aliphatic heterocycles. The van der Waals surface area contributed by atoms with E-state index in [1.165, 1.54) is 62.1 Å². The fourth-order valence-corrected chi connectivity index (χ4v) is 3.38. The Hall–Kier alpha value is -2.23. The second-order valence-corrected chi connectivity index (χ2v) is 6.99. The molecule has 4 heteroatoms. The van der Waals surface area contributed by atoms with Crippen LogP contribution in [0.3, 0.4) is 0 Å². The number of hydrogen-bond donors (Lipinski definition) is 0. The molecule has 0 N–H and O–H groups in total. The van der Waals surface area contributed by atoms with Crippen molar-refractivity contribution in [3.8, 4) is 5.75 Å². The minimum absolute atomic E-state index is 0.106. The molecule has 1 aliphatic carbocycles. The Balaban J connectivity index is 1.64. The monoisotopic (exact) mass is 344 g/mol. The molecule has 0 bridgehead atoms. The molecule has 0 amide bonds. The smallest absolute Gasteiger partial charge is 0.346 e. The van der Waals surface area contributed by atoms with Crippen molar-refractivity contribution >= 4 is 5.97 Å². The molecule has 2 nitrogen and oxygen atoms in total. The first-order valence-corrected chi connectivity index (χ1v) is 8.77. The third-order valence-corrected chi connectivity index (χ3v) is 4.94. The standard InChI is InChI=1S/C21H22F2O2/c1-14-2-4-15(5-3-14)12-16-6-11-19(20(23)13-16)21(24)25-18-9-7-17(22)8-10-18/h6-11,13-15H,2-5,12H2,1H3. The van der Waals surface area contributed by atoms with Crippen molar-refractivity contribution in [2.24, 2.45) is 11.8 Å². The number of esters is 1. The Morgan fingerprint density at radius 2 is 1.72 bits per heavy atom. The zero-order valence-electron chi connectivity index (χ0n) is 14.3. The molecule has 1 fully saturated rings. The molecule has 0 atom stereocenters. The first-order valence-electron chi connectivity index (χ1n) is 8.77. The first kappa shape index (κ1) is 17.6. The molecular weight excluding hydrogens is 322 g/mol. The average molecular weight is 344 g/mol. The van der Waals surface area contributed by atoms with Crippen molar-refractivity contribution in [1.82, 2.24) is 0 Å². The summed E-state index contributed by atoms with van der Waals surface area (Å²) in [5.74, 6) is -0.209. The molecule has 25 heavy (non-hydrogen) atoms. The number of hydrogen-bond acceptors (Lipinski definition) is 2. The van der Waals surface area contributed by atoms with Gasteiger partial charge in [-0.3, -0.25) is 0 Å². The average Bonchev–Trinajstić information content (AvgIpc) is 2.59. The molecule has 2 aromatic rings. The predicted octanol–water partition coefficient (Wildman–Crippen LogP) is 5.55. The van der Waals surface area contributed by atoms with Crippen LogP contribution in [-0.2, 0) is 6.42 Å². The van der Waals surface area contributed by atoms with E-state index in [0.717, 1.165) is 17.9 Å². The predicted molar refractivity (Wildman–Crippen MR) is 92.6 cm³/mol. The molecule has 132 valence electrons. The van der Waals surface area contributed by atoms with Crippen LogP contribution in [0.25, 0.3) is 0 Å². The normalized spacial score (nSPS) is 20.3. The van der Waals surface area contributed by atoms with Crippen molar-refractivity contribution in [3.05, 3.63) is 65.2 Å². The molecule has 0 unspecified atom stereocenters. The summed E-state index contributed by atoms with van der Waals surface area (Å²) in [5.41, 5.74) is 0.806. The molecule has 0 aromatic heterocycles. The van der Waals surface area contributed by atoms with E-state index in [4.69, 9.17) is 4.74 Å². The van der Waals surface area contributed by atoms with Gasteiger partial charge in [0.15, 0.2) is 0 Å². The molecule has 2 aromatic carbocycles. The molecular formula is C21H22F2O2. The van der Waals surface area contributed by atoms with Crippen molar-refractivity contribution in [2.75, 3.05) is 0 Å². The molecule has 0 radical (unpaired) electrons. The van der Waals surface area contributed by atoms with E-state index in [1.807, 2.05) is 0 Å². The van der Waals surface area contributed by atoms with Crippen LogP contribution in [0, 0.1) is 23.5 Å². The lowest BCUT2D eigenvalue weighted by Gasteiger charge is -2.26. The van der Waals surface area contributed by atoms with Gasteiger partial charge in [0.2, 0.25) is 0 Å². The van der Waals surface area contributed by atoms with Crippen molar-refractivity contribution in [1.29, 1.82) is 0 Å². The minimum Gasteiger partial charge on any atom is -0.423 e. The fraction of sp³-hybridized carbons (Fsp3) is 0.381. The maximum Gasteiger partial charge on any atom is 0.346 e. The Morgan fingerprint density at radius 3 is 2.36 bits per heavy atom. The minimum atomic E-state index is -0.776. The van der Waals surface area contributed by atoms with Gasteiger partial charge < -0.3 is 4.74 Å². The maximum absolute atomic E-state index is 14.3. The number of halogens is 2. The van der Waals surface area contributed by atoms with Gasteiger partial charge in [0, 0.05) is 0 Å². The zero-order chi connectivity index (χ0) is 17.8. The number of benzene rings is 2. The van der Waals surface area contributed by atoms with Gasteiger partial charge in [-0.05, 0) is 73.1 Å². The summed E-state index contributed by atoms with van der Waals surface area (Å²) in [5, 5.41) is 0. The highest BCUT2D eigenvalue weighted by Crippen LogP contribution is 2.31. The van der Waals surface area contributed by atoms with Crippen molar-refractivity contribution in [3.63, 3.8) is 0 Å². The summed E-state index contributed by atoms with van der Waals surface area (Å²) in [7, 11) is 0. The van der Waals surface area contributed by atoms with E-state index in [0.29, 0.717) is 5.92 Å². The fourth-order valence-electron chi connectivity index (χ4n) is 3.38. The van der Waals surface area contributed by atoms with E-state index in [2.05, 4.69) is 6.92 Å². The van der Waals surface area contributed by atoms with E-state index >= 15 is 0 Å². The van der Waals surface area contributed by atoms with E-state index in [-0.39, 0.29) is 11.3 Å². The number of ether oxygens (including phenoxy) is 1. The van der Waals surface area contributed by atoms with Crippen molar-refractivity contribution < 1.29 is 18.3 Å². The summed E-state index contributed by atoms with van der Waals surface area (Å²) in [6.45, 7) is 2.28. The zero-order valence-corrected chi connectivity index (χ0v) is 14.3. The third kappa shape index (κ3) is 4.65. The van der Waals surface area contributed by atoms with E-state index in [9.17, 15) is 13.6 Å². The lowest BCUT2D eigenvalue weighted by Crippen LogP contribution is -2.15. The van der Waals surface area contributed by atoms with Crippen LogP contribution in [0.5, 0.6) is 5.75 Å². The largest absolute Gasteiger partial charge is 0.423 e. The molecule has 0 heterocycles. The molecule has 0 saturated heterocycles. The summed E-state index contributed by atoms with van der Waals surface area (Å²) in [4.78, 5) is 12.1. The van der Waals surface area contributed by atoms with Gasteiger partial charge in [0.05, 0.1) is 5.56 Å². The highest BCUT2D eigenvalue weighted by atomic mass is 19.1. The maximum atomic E-state index is 14.3. The Kier molecular flexibility index (Phi) is 5.47. The second kappa shape index (κ2) is 7.77. The first-order chi connectivity index (χ1) is 12.0. The molecule has 1 saturated carbocycles. The van der Waals surface area contributed by atoms with Crippen LogP contribution >= 0.6 is 0 Å². The van der Waals surface area contributed by atoms with Gasteiger partial charge in [-0.25, -0.2) is 13.6 Å². The molecule has 0 spiro atoms. The topological polar surface area (TPSA) is 26.3 Å². The van der Waals surface area contributed by atoms with Crippen LogP contribution in [0.4, 0.5) is 8.78 Å². The Bertz CT molecular complexity index is 732.